The molecule has 0 fully saturated rings. The second-order valence-electron chi connectivity index (χ2n) is 3.72. The van der Waals surface area contributed by atoms with Gasteiger partial charge in [-0.2, -0.15) is 5.10 Å². The largest absolute Gasteiger partial charge is 0.384 e. The molecule has 0 spiro atoms. The van der Waals surface area contributed by atoms with E-state index >= 15 is 0 Å². The predicted molar refractivity (Wildman–Crippen MR) is 73.6 cm³/mol. The summed E-state index contributed by atoms with van der Waals surface area (Å²) in [5.74, 6) is 1.12. The van der Waals surface area contributed by atoms with Crippen molar-refractivity contribution in [3.8, 4) is 0 Å². The molecule has 0 radical (unpaired) electrons. The maximum Gasteiger partial charge on any atom is 0.173 e. The van der Waals surface area contributed by atoms with Gasteiger partial charge in [0.15, 0.2) is 5.84 Å². The molecule has 1 aliphatic rings. The van der Waals surface area contributed by atoms with Gasteiger partial charge in [-0.05, 0) is 0 Å². The molecule has 0 aliphatic carbocycles. The fraction of sp³-hybridized carbons (Fsp3) is 0. The SMILES string of the molecule is N=C(N)c1ccccc1.c1ccc(C2=NN2)cc1. The molecule has 0 saturated heterocycles. The van der Waals surface area contributed by atoms with Gasteiger partial charge >= 0.3 is 0 Å². The van der Waals surface area contributed by atoms with Gasteiger partial charge in [0.25, 0.3) is 0 Å². The number of nitrogens with zero attached hydrogens (tertiary/aromatic N) is 1. The highest BCUT2D eigenvalue weighted by molar-refractivity contribution is 6.05. The van der Waals surface area contributed by atoms with Crippen molar-refractivity contribution in [2.75, 3.05) is 0 Å². The summed E-state index contributed by atoms with van der Waals surface area (Å²) < 4.78 is 0. The van der Waals surface area contributed by atoms with Crippen LogP contribution >= 0.6 is 0 Å². The quantitative estimate of drug-likeness (QED) is 0.551. The summed E-state index contributed by atoms with van der Waals surface area (Å²) in [7, 11) is 0. The van der Waals surface area contributed by atoms with Crippen LogP contribution in [0.15, 0.2) is 65.8 Å². The zero-order chi connectivity index (χ0) is 12.8. The highest BCUT2D eigenvalue weighted by Gasteiger charge is 2.09. The molecule has 0 amide bonds. The molecule has 0 atom stereocenters. The van der Waals surface area contributed by atoms with E-state index in [1.807, 2.05) is 60.7 Å². The Morgan fingerprint density at radius 2 is 1.44 bits per heavy atom. The van der Waals surface area contributed by atoms with Gasteiger partial charge in [-0.15, -0.1) is 0 Å². The number of nitrogens with two attached hydrogens (primary N) is 1. The number of rotatable bonds is 2. The highest BCUT2D eigenvalue weighted by Crippen LogP contribution is 2.03. The fourth-order valence-electron chi connectivity index (χ4n) is 1.37. The Morgan fingerprint density at radius 3 is 1.83 bits per heavy atom. The lowest BCUT2D eigenvalue weighted by molar-refractivity contribution is 1.26. The molecule has 0 aromatic heterocycles. The third kappa shape index (κ3) is 3.45. The highest BCUT2D eigenvalue weighted by atomic mass is 15.5. The number of benzene rings is 2. The molecule has 2 aromatic carbocycles. The minimum atomic E-state index is 0.121. The van der Waals surface area contributed by atoms with Gasteiger partial charge in [0.05, 0.1) is 0 Å². The van der Waals surface area contributed by atoms with Crippen LogP contribution in [-0.2, 0) is 0 Å². The van der Waals surface area contributed by atoms with E-state index in [1.54, 1.807) is 0 Å². The first-order valence-electron chi connectivity index (χ1n) is 5.56. The lowest BCUT2D eigenvalue weighted by Crippen LogP contribution is -2.10. The molecular weight excluding hydrogens is 224 g/mol. The minimum absolute atomic E-state index is 0.121. The van der Waals surface area contributed by atoms with Crippen LogP contribution in [0, 0.1) is 5.41 Å². The molecule has 1 heterocycles. The van der Waals surface area contributed by atoms with E-state index in [0.717, 1.165) is 17.0 Å². The molecule has 2 aromatic rings. The van der Waals surface area contributed by atoms with Crippen LogP contribution < -0.4 is 11.2 Å². The summed E-state index contributed by atoms with van der Waals surface area (Å²) in [5, 5.41) is 10.9. The van der Waals surface area contributed by atoms with Crippen LogP contribution in [0.1, 0.15) is 11.1 Å². The Balaban J connectivity index is 0.000000134. The average Bonchev–Trinajstić information content (AvgIpc) is 3.26. The van der Waals surface area contributed by atoms with E-state index in [0.29, 0.717) is 0 Å². The smallest absolute Gasteiger partial charge is 0.173 e. The van der Waals surface area contributed by atoms with E-state index in [4.69, 9.17) is 11.1 Å². The van der Waals surface area contributed by atoms with Crippen LogP contribution in [0.3, 0.4) is 0 Å². The van der Waals surface area contributed by atoms with Crippen molar-refractivity contribution in [3.63, 3.8) is 0 Å². The number of hydrogen-bond acceptors (Lipinski definition) is 3. The first-order valence-corrected chi connectivity index (χ1v) is 5.56. The molecule has 4 N–H and O–H groups in total. The van der Waals surface area contributed by atoms with E-state index in [-0.39, 0.29) is 5.84 Å². The number of nitrogens with one attached hydrogen (secondary N) is 2. The van der Waals surface area contributed by atoms with Gasteiger partial charge in [-0.3, -0.25) is 10.8 Å². The Hall–Kier alpha value is -2.62. The Morgan fingerprint density at radius 1 is 0.944 bits per heavy atom. The fourth-order valence-corrected chi connectivity index (χ4v) is 1.37. The first-order chi connectivity index (χ1) is 8.77. The van der Waals surface area contributed by atoms with Crippen molar-refractivity contribution in [3.05, 3.63) is 71.8 Å². The van der Waals surface area contributed by atoms with Crippen LogP contribution in [0.4, 0.5) is 0 Å². The van der Waals surface area contributed by atoms with Gasteiger partial charge in [0.1, 0.15) is 5.84 Å². The summed E-state index contributed by atoms with van der Waals surface area (Å²) in [6, 6.07) is 19.3. The zero-order valence-electron chi connectivity index (χ0n) is 9.80. The van der Waals surface area contributed by atoms with Crippen LogP contribution in [0.5, 0.6) is 0 Å². The van der Waals surface area contributed by atoms with E-state index < -0.39 is 0 Å². The normalized spacial score (nSPS) is 11.4. The van der Waals surface area contributed by atoms with Crippen molar-refractivity contribution in [2.24, 2.45) is 10.8 Å². The lowest BCUT2D eigenvalue weighted by atomic mass is 10.2. The predicted octanol–water partition coefficient (Wildman–Crippen LogP) is 1.92. The van der Waals surface area contributed by atoms with Gasteiger partial charge in [-0.25, -0.2) is 0 Å². The average molecular weight is 238 g/mol. The molecule has 4 nitrogen and oxygen atoms in total. The molecule has 1 aliphatic heterocycles. The number of hydrazone groups is 1. The summed E-state index contributed by atoms with van der Waals surface area (Å²) in [6.07, 6.45) is 0. The second-order valence-corrected chi connectivity index (χ2v) is 3.72. The molecule has 0 unspecified atom stereocenters. The Kier molecular flexibility index (Phi) is 3.71. The van der Waals surface area contributed by atoms with Crippen LogP contribution in [-0.4, -0.2) is 11.7 Å². The zero-order valence-corrected chi connectivity index (χ0v) is 9.80. The minimum Gasteiger partial charge on any atom is -0.384 e. The van der Waals surface area contributed by atoms with Crippen LogP contribution in [0.2, 0.25) is 0 Å². The summed E-state index contributed by atoms with van der Waals surface area (Å²) >= 11 is 0. The van der Waals surface area contributed by atoms with Crippen molar-refractivity contribution >= 4 is 11.7 Å². The molecule has 18 heavy (non-hydrogen) atoms. The van der Waals surface area contributed by atoms with Gasteiger partial charge in [-0.1, -0.05) is 60.7 Å². The van der Waals surface area contributed by atoms with Crippen molar-refractivity contribution < 1.29 is 0 Å². The molecule has 4 heteroatoms. The Labute approximate surface area is 106 Å². The third-order valence-electron chi connectivity index (χ3n) is 2.36. The third-order valence-corrected chi connectivity index (χ3v) is 2.36. The number of hydrogen-bond donors (Lipinski definition) is 3. The first kappa shape index (κ1) is 11.9. The molecule has 90 valence electrons. The summed E-state index contributed by atoms with van der Waals surface area (Å²) in [5.41, 5.74) is 9.93. The summed E-state index contributed by atoms with van der Waals surface area (Å²) in [6.45, 7) is 0. The molecule has 3 rings (SSSR count). The topological polar surface area (TPSA) is 84.2 Å². The molecular formula is C14H14N4. The van der Waals surface area contributed by atoms with Gasteiger partial charge in [0.2, 0.25) is 0 Å². The molecule has 0 saturated carbocycles. The lowest BCUT2D eigenvalue weighted by Gasteiger charge is -1.93. The van der Waals surface area contributed by atoms with Crippen molar-refractivity contribution in [2.45, 2.75) is 0 Å². The Bertz CT molecular complexity index is 509. The van der Waals surface area contributed by atoms with Gasteiger partial charge in [0, 0.05) is 11.1 Å². The maximum atomic E-state index is 7.01. The van der Waals surface area contributed by atoms with Crippen LogP contribution in [0.25, 0.3) is 0 Å². The summed E-state index contributed by atoms with van der Waals surface area (Å²) in [4.78, 5) is 0. The van der Waals surface area contributed by atoms with Crippen molar-refractivity contribution in [1.29, 1.82) is 5.41 Å². The monoisotopic (exact) mass is 238 g/mol. The van der Waals surface area contributed by atoms with Crippen molar-refractivity contribution in [1.82, 2.24) is 5.43 Å². The standard InChI is InChI=1S/C7H6N2.C7H8N2/c1-2-4-6(5-3-1)7-8-9-7;8-7(9)6-4-2-1-3-5-6/h1-5H,(H,8,9);1-5H,(H3,8,9). The van der Waals surface area contributed by atoms with E-state index in [1.165, 1.54) is 0 Å². The van der Waals surface area contributed by atoms with E-state index in [9.17, 15) is 0 Å². The maximum absolute atomic E-state index is 7.01. The second kappa shape index (κ2) is 5.63. The van der Waals surface area contributed by atoms with E-state index in [2.05, 4.69) is 10.5 Å². The van der Waals surface area contributed by atoms with Gasteiger partial charge < -0.3 is 5.73 Å². The number of nitrogen functional groups attached to an aromatic ring is 1. The number of amidine groups is 2. The molecule has 0 bridgehead atoms.